The average Bonchev–Trinajstić information content (AvgIpc) is 3.55. The van der Waals surface area contributed by atoms with Crippen LogP contribution in [-0.4, -0.2) is 82.6 Å². The van der Waals surface area contributed by atoms with Crippen LogP contribution in [0.5, 0.6) is 0 Å². The monoisotopic (exact) mass is 904 g/mol. The molecule has 1 fully saturated rings. The summed E-state index contributed by atoms with van der Waals surface area (Å²) in [5, 5.41) is 11.2. The molecule has 1 aliphatic rings. The Morgan fingerprint density at radius 3 is 1.83 bits per heavy atom. The molecule has 1 aromatic heterocycles. The van der Waals surface area contributed by atoms with Crippen molar-refractivity contribution in [3.8, 4) is 6.07 Å². The van der Waals surface area contributed by atoms with Crippen molar-refractivity contribution in [2.45, 2.75) is 115 Å². The van der Waals surface area contributed by atoms with E-state index in [1.807, 2.05) is 150 Å². The molecule has 5 atom stereocenters. The molecule has 6 rings (SSSR count). The van der Waals surface area contributed by atoms with Crippen molar-refractivity contribution < 1.29 is 28.4 Å². The number of aromatic nitrogens is 2. The maximum atomic E-state index is 14.6. The van der Waals surface area contributed by atoms with Gasteiger partial charge in [-0.15, -0.1) is 4.67 Å². The quantitative estimate of drug-likeness (QED) is 0.0496. The zero-order chi connectivity index (χ0) is 46.3. The van der Waals surface area contributed by atoms with Gasteiger partial charge in [0.25, 0.3) is 5.91 Å². The number of hydrogen-bond donors (Lipinski definition) is 2. The summed E-state index contributed by atoms with van der Waals surface area (Å²) in [4.78, 5) is 45.2. The fraction of sp³-hybridized carbons (Fsp3) is 0.400. The van der Waals surface area contributed by atoms with E-state index in [-0.39, 0.29) is 37.1 Å². The molecule has 0 aliphatic carbocycles. The minimum atomic E-state index is -3.62. The zero-order valence-corrected chi connectivity index (χ0v) is 40.5. The maximum Gasteiger partial charge on any atom is 0.351 e. The molecule has 1 unspecified atom stereocenters. The molecule has 0 saturated carbocycles. The molecule has 14 heteroatoms. The molecule has 1 saturated heterocycles. The van der Waals surface area contributed by atoms with Gasteiger partial charge in [-0.05, 0) is 83.4 Å². The Hall–Kier alpha value is -4.87. The second-order valence-electron chi connectivity index (χ2n) is 18.0. The van der Waals surface area contributed by atoms with Crippen molar-refractivity contribution in [3.05, 3.63) is 166 Å². The number of benzene rings is 4. The van der Waals surface area contributed by atoms with E-state index in [9.17, 15) is 19.7 Å². The smallest absolute Gasteiger partial charge is 0.351 e. The predicted molar refractivity (Wildman–Crippen MR) is 256 cm³/mol. The van der Waals surface area contributed by atoms with Crippen molar-refractivity contribution in [2.24, 2.45) is 0 Å². The topological polar surface area (TPSA) is 148 Å². The van der Waals surface area contributed by atoms with Crippen molar-refractivity contribution in [3.63, 3.8) is 0 Å². The third-order valence-electron chi connectivity index (χ3n) is 11.4. The van der Waals surface area contributed by atoms with Crippen LogP contribution in [0.15, 0.2) is 138 Å². The van der Waals surface area contributed by atoms with Crippen LogP contribution in [-0.2, 0) is 29.7 Å². The van der Waals surface area contributed by atoms with E-state index in [1.54, 1.807) is 36.5 Å². The van der Waals surface area contributed by atoms with Crippen molar-refractivity contribution in [1.29, 1.82) is 5.26 Å². The molecule has 0 spiro atoms. The first-order chi connectivity index (χ1) is 30.5. The molecular formula is C50H63N5O7PSi+. The van der Waals surface area contributed by atoms with E-state index < -0.39 is 63.1 Å². The van der Waals surface area contributed by atoms with Gasteiger partial charge < -0.3 is 19.5 Å². The van der Waals surface area contributed by atoms with Gasteiger partial charge in [0.05, 0.1) is 33.5 Å². The van der Waals surface area contributed by atoms with E-state index in [4.69, 9.17) is 18.7 Å². The fourth-order valence-electron chi connectivity index (χ4n) is 8.95. The van der Waals surface area contributed by atoms with Crippen LogP contribution in [0.25, 0.3) is 0 Å². The van der Waals surface area contributed by atoms with E-state index in [2.05, 4.69) is 29.5 Å². The summed E-state index contributed by atoms with van der Waals surface area (Å²) in [6.45, 7) is 17.9. The van der Waals surface area contributed by atoms with Crippen LogP contribution < -0.4 is 11.0 Å². The van der Waals surface area contributed by atoms with Gasteiger partial charge in [0, 0.05) is 23.8 Å². The highest BCUT2D eigenvalue weighted by Gasteiger charge is 2.66. The summed E-state index contributed by atoms with van der Waals surface area (Å²) in [6, 6.07) is 42.3. The highest BCUT2D eigenvalue weighted by Crippen LogP contribution is 2.64. The standard InChI is InChI=1S/C50H62N5O7PSi/c1-36(2)55(37(3)4)63(58,34-22-32-51)62-44-42(35-59-49(39-25-16-11-17-26-39,40-27-18-12-19-28-40)41-29-20-13-21-30-41)60-50(64(8)9,45(44)61-48(5,6)7)54-33-31-43(53-47(54)57)52-46(56)38-23-14-10-15-24-38/h10-21,23-31,33,36-37,42,44-45,58,64H,22,34-35H2,1-9H3/p+1/t42-,44-,45-,50+,63?/m1/s1. The minimum absolute atomic E-state index is 0.0442. The summed E-state index contributed by atoms with van der Waals surface area (Å²) in [6.07, 6.45) is -1.27. The number of amides is 1. The summed E-state index contributed by atoms with van der Waals surface area (Å²) < 4.78 is 32.7. The first kappa shape index (κ1) is 48.6. The van der Waals surface area contributed by atoms with E-state index in [0.29, 0.717) is 5.56 Å². The fourth-order valence-corrected chi connectivity index (χ4v) is 14.0. The lowest BCUT2D eigenvalue weighted by molar-refractivity contribution is -0.156. The second kappa shape index (κ2) is 20.5. The Kier molecular flexibility index (Phi) is 15.6. The number of carbonyl (C=O) groups is 1. The summed E-state index contributed by atoms with van der Waals surface area (Å²) >= 11 is 0. The van der Waals surface area contributed by atoms with Crippen molar-refractivity contribution >= 4 is 28.4 Å². The Bertz CT molecular complexity index is 2290. The summed E-state index contributed by atoms with van der Waals surface area (Å²) in [5.41, 5.74) is 0.446. The highest BCUT2D eigenvalue weighted by molar-refractivity contribution is 7.63. The SMILES string of the molecule is CC(C)N(C(C)C)[P+](O)(CCC#N)O[C@H]1[C@@H](OC(C)(C)C)[C@@](n2ccc(NC(=O)c3ccccc3)nc2=O)([SiH](C)C)O[C@@H]1COC(c1ccccc1)(c1ccccc1)c1ccccc1. The van der Waals surface area contributed by atoms with Crippen LogP contribution >= 0.6 is 7.87 Å². The number of nitrogens with one attached hydrogen (secondary N) is 1. The van der Waals surface area contributed by atoms with Crippen LogP contribution in [0.4, 0.5) is 5.82 Å². The third kappa shape index (κ3) is 10.3. The highest BCUT2D eigenvalue weighted by atomic mass is 31.2. The van der Waals surface area contributed by atoms with Crippen LogP contribution in [0.2, 0.25) is 13.1 Å². The lowest BCUT2D eigenvalue weighted by Gasteiger charge is -2.42. The van der Waals surface area contributed by atoms with Crippen LogP contribution in [0.1, 0.15) is 81.9 Å². The third-order valence-corrected chi connectivity index (χ3v) is 16.8. The molecule has 1 amide bonds. The molecule has 64 heavy (non-hydrogen) atoms. The van der Waals surface area contributed by atoms with Gasteiger partial charge >= 0.3 is 13.6 Å². The Balaban J connectivity index is 1.56. The largest absolute Gasteiger partial charge is 0.365 e. The van der Waals surface area contributed by atoms with Gasteiger partial charge in [-0.25, -0.2) is 9.69 Å². The molecule has 12 nitrogen and oxygen atoms in total. The van der Waals surface area contributed by atoms with E-state index >= 15 is 0 Å². The molecule has 5 aromatic rings. The van der Waals surface area contributed by atoms with Crippen LogP contribution in [0.3, 0.4) is 0 Å². The summed E-state index contributed by atoms with van der Waals surface area (Å²) in [7, 11) is -5.93. The van der Waals surface area contributed by atoms with Gasteiger partial charge in [0.15, 0.2) is 11.5 Å². The number of ether oxygens (including phenoxy) is 3. The van der Waals surface area contributed by atoms with Crippen LogP contribution in [0, 0.1) is 11.3 Å². The Labute approximate surface area is 380 Å². The van der Waals surface area contributed by atoms with Gasteiger partial charge in [-0.2, -0.15) is 14.8 Å². The second-order valence-corrected chi connectivity index (χ2v) is 23.6. The van der Waals surface area contributed by atoms with Gasteiger partial charge in [0.1, 0.15) is 29.8 Å². The van der Waals surface area contributed by atoms with Gasteiger partial charge in [-0.3, -0.25) is 9.36 Å². The van der Waals surface area contributed by atoms with E-state index in [1.165, 1.54) is 4.57 Å². The molecule has 4 aromatic carbocycles. The molecule has 2 N–H and O–H groups in total. The number of carbonyl (C=O) groups excluding carboxylic acids is 1. The number of rotatable bonds is 18. The first-order valence-electron chi connectivity index (χ1n) is 22.0. The summed E-state index contributed by atoms with van der Waals surface area (Å²) in [5.74, 6) is -0.330. The molecule has 0 bridgehead atoms. The maximum absolute atomic E-state index is 14.6. The molecule has 2 heterocycles. The number of nitrogens with zero attached hydrogens (tertiary/aromatic N) is 4. The van der Waals surface area contributed by atoms with Crippen molar-refractivity contribution in [1.82, 2.24) is 14.2 Å². The number of anilines is 1. The average molecular weight is 905 g/mol. The van der Waals surface area contributed by atoms with Gasteiger partial charge in [0.2, 0.25) is 0 Å². The molecular weight excluding hydrogens is 842 g/mol. The van der Waals surface area contributed by atoms with Crippen molar-refractivity contribution in [2.75, 3.05) is 18.1 Å². The normalized spacial score (nSPS) is 20.1. The lowest BCUT2D eigenvalue weighted by Crippen LogP contribution is -2.60. The van der Waals surface area contributed by atoms with Gasteiger partial charge in [-0.1, -0.05) is 122 Å². The lowest BCUT2D eigenvalue weighted by atomic mass is 9.80. The molecule has 338 valence electrons. The zero-order valence-electron chi connectivity index (χ0n) is 38.4. The first-order valence-corrected chi connectivity index (χ1v) is 26.7. The Morgan fingerprint density at radius 1 is 0.891 bits per heavy atom. The number of hydrogen-bond acceptors (Lipinski definition) is 10. The van der Waals surface area contributed by atoms with E-state index in [0.717, 1.165) is 16.7 Å². The minimum Gasteiger partial charge on any atom is -0.365 e. The Morgan fingerprint density at radius 2 is 1.39 bits per heavy atom. The molecule has 0 radical (unpaired) electrons. The number of nitriles is 1. The predicted octanol–water partition coefficient (Wildman–Crippen LogP) is 8.94. The molecule has 1 aliphatic heterocycles.